The van der Waals surface area contributed by atoms with Crippen LogP contribution in [0.15, 0.2) is 6.07 Å². The van der Waals surface area contributed by atoms with Gasteiger partial charge in [0, 0.05) is 6.61 Å². The fraction of sp³-hybridized carbons (Fsp3) is 0.250. The van der Waals surface area contributed by atoms with Crippen LogP contribution in [0.1, 0.15) is 11.1 Å². The summed E-state index contributed by atoms with van der Waals surface area (Å²) in [4.78, 5) is 3.71. The molecule has 0 atom stereocenters. The third-order valence-electron chi connectivity index (χ3n) is 1.52. The van der Waals surface area contributed by atoms with E-state index in [1.54, 1.807) is 0 Å². The summed E-state index contributed by atoms with van der Waals surface area (Å²) in [6.45, 7) is -0.0502. The highest BCUT2D eigenvalue weighted by atomic mass is 35.5. The van der Waals surface area contributed by atoms with Gasteiger partial charge in [0.2, 0.25) is 0 Å². The number of pyridine rings is 1. The minimum Gasteiger partial charge on any atom is -0.396 e. The number of nitriles is 1. The lowest BCUT2D eigenvalue weighted by Gasteiger charge is -2.03. The van der Waals surface area contributed by atoms with Crippen molar-refractivity contribution in [3.8, 4) is 6.07 Å². The summed E-state index contributed by atoms with van der Waals surface area (Å²) in [6.07, 6.45) is 0.352. The third-order valence-corrected chi connectivity index (χ3v) is 1.99. The molecule has 1 aromatic heterocycles. The Bertz CT molecular complexity index is 360. The van der Waals surface area contributed by atoms with Crippen LogP contribution >= 0.6 is 23.2 Å². The quantitative estimate of drug-likeness (QED) is 0.768. The fourth-order valence-corrected chi connectivity index (χ4v) is 1.48. The normalized spacial score (nSPS) is 9.69. The molecular formula is C8H6Cl2N2O. The molecule has 0 spiro atoms. The molecule has 0 unspecified atom stereocenters. The van der Waals surface area contributed by atoms with Crippen LogP contribution < -0.4 is 0 Å². The van der Waals surface area contributed by atoms with E-state index in [4.69, 9.17) is 33.6 Å². The highest BCUT2D eigenvalue weighted by Gasteiger charge is 2.09. The van der Waals surface area contributed by atoms with Gasteiger partial charge in [-0.15, -0.1) is 0 Å². The van der Waals surface area contributed by atoms with Gasteiger partial charge in [-0.25, -0.2) is 4.98 Å². The van der Waals surface area contributed by atoms with Crippen LogP contribution in [0.5, 0.6) is 0 Å². The van der Waals surface area contributed by atoms with Gasteiger partial charge in [-0.2, -0.15) is 5.26 Å². The van der Waals surface area contributed by atoms with Crippen LogP contribution in [0.3, 0.4) is 0 Å². The van der Waals surface area contributed by atoms with Gasteiger partial charge < -0.3 is 5.11 Å². The van der Waals surface area contributed by atoms with E-state index in [9.17, 15) is 0 Å². The van der Waals surface area contributed by atoms with Crippen molar-refractivity contribution >= 4 is 23.2 Å². The van der Waals surface area contributed by atoms with Crippen molar-refractivity contribution < 1.29 is 5.11 Å². The first-order valence-corrected chi connectivity index (χ1v) is 4.30. The van der Waals surface area contributed by atoms with Gasteiger partial charge in [0.25, 0.3) is 0 Å². The largest absolute Gasteiger partial charge is 0.396 e. The summed E-state index contributed by atoms with van der Waals surface area (Å²) < 4.78 is 0. The molecule has 1 rings (SSSR count). The average Bonchev–Trinajstić information content (AvgIpc) is 2.04. The minimum atomic E-state index is -0.0502. The van der Waals surface area contributed by atoms with Gasteiger partial charge >= 0.3 is 0 Å². The lowest BCUT2D eigenvalue weighted by molar-refractivity contribution is 0.299. The molecular weight excluding hydrogens is 211 g/mol. The predicted octanol–water partition coefficient (Wildman–Crippen LogP) is 1.79. The van der Waals surface area contributed by atoms with Crippen molar-refractivity contribution in [3.05, 3.63) is 27.5 Å². The maximum atomic E-state index is 8.72. The lowest BCUT2D eigenvalue weighted by Crippen LogP contribution is -1.97. The van der Waals surface area contributed by atoms with E-state index in [0.717, 1.165) is 0 Å². The van der Waals surface area contributed by atoms with Crippen molar-refractivity contribution in [2.24, 2.45) is 0 Å². The molecule has 5 heteroatoms. The predicted molar refractivity (Wildman–Crippen MR) is 49.8 cm³/mol. The van der Waals surface area contributed by atoms with Gasteiger partial charge in [-0.1, -0.05) is 23.2 Å². The van der Waals surface area contributed by atoms with Crippen molar-refractivity contribution in [1.29, 1.82) is 5.26 Å². The molecule has 3 nitrogen and oxygen atoms in total. The summed E-state index contributed by atoms with van der Waals surface area (Å²) in [7, 11) is 0. The second kappa shape index (κ2) is 4.43. The molecule has 0 bridgehead atoms. The van der Waals surface area contributed by atoms with Crippen LogP contribution in [-0.4, -0.2) is 16.7 Å². The van der Waals surface area contributed by atoms with Gasteiger partial charge in [0.1, 0.15) is 16.4 Å². The molecule has 0 aliphatic carbocycles. The number of halogens is 2. The molecule has 0 aliphatic rings. The monoisotopic (exact) mass is 216 g/mol. The Hall–Kier alpha value is -0.820. The molecule has 1 N–H and O–H groups in total. The zero-order valence-electron chi connectivity index (χ0n) is 6.59. The second-order valence-corrected chi connectivity index (χ2v) is 3.10. The van der Waals surface area contributed by atoms with Crippen molar-refractivity contribution in [3.63, 3.8) is 0 Å². The van der Waals surface area contributed by atoms with E-state index >= 15 is 0 Å². The molecule has 0 aromatic carbocycles. The highest BCUT2D eigenvalue weighted by Crippen LogP contribution is 2.21. The number of hydrogen-bond acceptors (Lipinski definition) is 3. The standard InChI is InChI=1S/C8H6Cl2N2O/c9-7-3-5(1-2-13)6(4-11)8(10)12-7/h3,13H,1-2H2. The molecule has 0 saturated carbocycles. The fourth-order valence-electron chi connectivity index (χ4n) is 0.966. The number of aliphatic hydroxyl groups excluding tert-OH is 1. The summed E-state index contributed by atoms with van der Waals surface area (Å²) in [5.74, 6) is 0. The summed E-state index contributed by atoms with van der Waals surface area (Å²) >= 11 is 11.3. The lowest BCUT2D eigenvalue weighted by atomic mass is 10.1. The van der Waals surface area contributed by atoms with E-state index in [-0.39, 0.29) is 22.5 Å². The van der Waals surface area contributed by atoms with E-state index in [0.29, 0.717) is 12.0 Å². The second-order valence-electron chi connectivity index (χ2n) is 2.36. The molecule has 0 fully saturated rings. The first-order valence-electron chi connectivity index (χ1n) is 3.55. The minimum absolute atomic E-state index is 0.0502. The van der Waals surface area contributed by atoms with Crippen molar-refractivity contribution in [1.82, 2.24) is 4.98 Å². The molecule has 0 aliphatic heterocycles. The van der Waals surface area contributed by atoms with E-state index < -0.39 is 0 Å². The van der Waals surface area contributed by atoms with Crippen molar-refractivity contribution in [2.45, 2.75) is 6.42 Å². The Morgan fingerprint density at radius 3 is 2.77 bits per heavy atom. The number of rotatable bonds is 2. The molecule has 1 heterocycles. The Morgan fingerprint density at radius 1 is 1.54 bits per heavy atom. The Morgan fingerprint density at radius 2 is 2.23 bits per heavy atom. The number of aliphatic hydroxyl groups is 1. The topological polar surface area (TPSA) is 56.9 Å². The molecule has 0 amide bonds. The number of nitrogens with zero attached hydrogens (tertiary/aromatic N) is 2. The molecule has 1 aromatic rings. The van der Waals surface area contributed by atoms with Gasteiger partial charge in [-0.05, 0) is 18.1 Å². The van der Waals surface area contributed by atoms with Crippen LogP contribution in [0.25, 0.3) is 0 Å². The summed E-state index contributed by atoms with van der Waals surface area (Å²) in [5, 5.41) is 17.7. The van der Waals surface area contributed by atoms with E-state index in [2.05, 4.69) is 4.98 Å². The molecule has 68 valence electrons. The Balaban J connectivity index is 3.23. The van der Waals surface area contributed by atoms with Gasteiger partial charge in [0.05, 0.1) is 5.56 Å². The molecule has 0 saturated heterocycles. The first kappa shape index (κ1) is 10.3. The van der Waals surface area contributed by atoms with E-state index in [1.165, 1.54) is 6.07 Å². The van der Waals surface area contributed by atoms with Crippen LogP contribution in [0.4, 0.5) is 0 Å². The maximum absolute atomic E-state index is 8.72. The third kappa shape index (κ3) is 2.31. The van der Waals surface area contributed by atoms with Gasteiger partial charge in [0.15, 0.2) is 0 Å². The average molecular weight is 217 g/mol. The zero-order valence-corrected chi connectivity index (χ0v) is 8.10. The van der Waals surface area contributed by atoms with Gasteiger partial charge in [-0.3, -0.25) is 0 Å². The maximum Gasteiger partial charge on any atom is 0.148 e. The molecule has 13 heavy (non-hydrogen) atoms. The molecule has 0 radical (unpaired) electrons. The SMILES string of the molecule is N#Cc1c(CCO)cc(Cl)nc1Cl. The summed E-state index contributed by atoms with van der Waals surface area (Å²) in [5.41, 5.74) is 0.898. The Labute approximate surface area is 85.5 Å². The highest BCUT2D eigenvalue weighted by molar-refractivity contribution is 6.33. The van der Waals surface area contributed by atoms with Crippen molar-refractivity contribution in [2.75, 3.05) is 6.61 Å². The smallest absolute Gasteiger partial charge is 0.148 e. The van der Waals surface area contributed by atoms with E-state index in [1.807, 2.05) is 6.07 Å². The Kier molecular flexibility index (Phi) is 3.49. The number of hydrogen-bond donors (Lipinski definition) is 1. The van der Waals surface area contributed by atoms with Crippen LogP contribution in [-0.2, 0) is 6.42 Å². The van der Waals surface area contributed by atoms with Crippen LogP contribution in [0, 0.1) is 11.3 Å². The van der Waals surface area contributed by atoms with Crippen LogP contribution in [0.2, 0.25) is 10.3 Å². The zero-order chi connectivity index (χ0) is 9.84. The number of aromatic nitrogens is 1. The summed E-state index contributed by atoms with van der Waals surface area (Å²) in [6, 6.07) is 3.44. The first-order chi connectivity index (χ1) is 6.19.